The van der Waals surface area contributed by atoms with Crippen molar-refractivity contribution in [2.45, 2.75) is 30.3 Å². The molecule has 1 atom stereocenters. The Morgan fingerprint density at radius 2 is 1.94 bits per heavy atom. The quantitative estimate of drug-likeness (QED) is 0.347. The second-order valence-electron chi connectivity index (χ2n) is 7.71. The summed E-state index contributed by atoms with van der Waals surface area (Å²) in [5.41, 5.74) is 4.32. The molecule has 0 aliphatic heterocycles. The van der Waals surface area contributed by atoms with E-state index in [2.05, 4.69) is 39.3 Å². The van der Waals surface area contributed by atoms with Gasteiger partial charge in [-0.2, -0.15) is 5.10 Å². The highest BCUT2D eigenvalue weighted by atomic mass is 32.2. The van der Waals surface area contributed by atoms with Gasteiger partial charge in [0.2, 0.25) is 5.91 Å². The SMILES string of the molecule is CN(C(=O)CSc1ncnc2c1cnn2-c1ccccc1)[C@@H]1CCCc2ccccc21. The highest BCUT2D eigenvalue weighted by Gasteiger charge is 2.26. The number of fused-ring (bicyclic) bond motifs is 2. The molecule has 0 unspecified atom stereocenters. The molecule has 0 fully saturated rings. The van der Waals surface area contributed by atoms with Crippen LogP contribution in [0.2, 0.25) is 0 Å². The fourth-order valence-corrected chi connectivity index (χ4v) is 5.12. The van der Waals surface area contributed by atoms with Crippen LogP contribution in [0.1, 0.15) is 30.0 Å². The minimum absolute atomic E-state index is 0.105. The van der Waals surface area contributed by atoms with E-state index >= 15 is 0 Å². The number of rotatable bonds is 5. The molecule has 6 nitrogen and oxygen atoms in total. The molecule has 1 aliphatic rings. The summed E-state index contributed by atoms with van der Waals surface area (Å²) in [5.74, 6) is 0.437. The molecule has 2 aromatic heterocycles. The lowest BCUT2D eigenvalue weighted by Crippen LogP contribution is -2.34. The predicted octanol–water partition coefficient (Wildman–Crippen LogP) is 4.44. The van der Waals surface area contributed by atoms with Gasteiger partial charge in [-0.15, -0.1) is 0 Å². The third-order valence-corrected chi connectivity index (χ3v) is 6.85. The molecule has 2 aromatic carbocycles. The van der Waals surface area contributed by atoms with Crippen LogP contribution in [-0.2, 0) is 11.2 Å². The maximum absolute atomic E-state index is 13.0. The predicted molar refractivity (Wildman–Crippen MR) is 122 cm³/mol. The Hall–Kier alpha value is -3.19. The Labute approximate surface area is 185 Å². The molecular formula is C24H23N5OS. The average Bonchev–Trinajstić information content (AvgIpc) is 3.27. The van der Waals surface area contributed by atoms with E-state index in [4.69, 9.17) is 0 Å². The Morgan fingerprint density at radius 3 is 2.81 bits per heavy atom. The summed E-state index contributed by atoms with van der Waals surface area (Å²) in [5, 5.41) is 6.12. The molecule has 31 heavy (non-hydrogen) atoms. The highest BCUT2D eigenvalue weighted by Crippen LogP contribution is 2.34. The number of hydrogen-bond donors (Lipinski definition) is 0. The first-order chi connectivity index (χ1) is 15.2. The lowest BCUT2D eigenvalue weighted by Gasteiger charge is -2.33. The molecule has 1 amide bonds. The number of hydrogen-bond acceptors (Lipinski definition) is 5. The van der Waals surface area contributed by atoms with E-state index in [1.54, 1.807) is 10.9 Å². The third-order valence-electron chi connectivity index (χ3n) is 5.86. The van der Waals surface area contributed by atoms with Gasteiger partial charge in [-0.3, -0.25) is 4.79 Å². The lowest BCUT2D eigenvalue weighted by molar-refractivity contribution is -0.129. The van der Waals surface area contributed by atoms with Crippen LogP contribution in [0.25, 0.3) is 16.7 Å². The summed E-state index contributed by atoms with van der Waals surface area (Å²) >= 11 is 1.44. The van der Waals surface area contributed by atoms with Crippen molar-refractivity contribution in [3.8, 4) is 5.69 Å². The van der Waals surface area contributed by atoms with Gasteiger partial charge in [0, 0.05) is 7.05 Å². The van der Waals surface area contributed by atoms with Gasteiger partial charge in [-0.25, -0.2) is 14.6 Å². The Morgan fingerprint density at radius 1 is 1.13 bits per heavy atom. The van der Waals surface area contributed by atoms with Gasteiger partial charge in [0.1, 0.15) is 11.4 Å². The van der Waals surface area contributed by atoms with Crippen LogP contribution >= 0.6 is 11.8 Å². The molecule has 5 rings (SSSR count). The van der Waals surface area contributed by atoms with Crippen LogP contribution in [-0.4, -0.2) is 43.4 Å². The van der Waals surface area contributed by atoms with Crippen LogP contribution < -0.4 is 0 Å². The maximum atomic E-state index is 13.0. The minimum Gasteiger partial charge on any atom is -0.338 e. The number of nitrogens with zero attached hydrogens (tertiary/aromatic N) is 5. The molecule has 0 radical (unpaired) electrons. The van der Waals surface area contributed by atoms with Crippen molar-refractivity contribution >= 4 is 28.7 Å². The van der Waals surface area contributed by atoms with E-state index in [-0.39, 0.29) is 11.9 Å². The summed E-state index contributed by atoms with van der Waals surface area (Å²) in [6.07, 6.45) is 6.52. The number of aryl methyl sites for hydroxylation is 1. The second-order valence-corrected chi connectivity index (χ2v) is 8.67. The molecule has 0 saturated carbocycles. The maximum Gasteiger partial charge on any atom is 0.233 e. The number of carbonyl (C=O) groups excluding carboxylic acids is 1. The molecule has 1 aliphatic carbocycles. The molecule has 0 N–H and O–H groups in total. The monoisotopic (exact) mass is 429 g/mol. The van der Waals surface area contributed by atoms with Crippen LogP contribution in [0.3, 0.4) is 0 Å². The smallest absolute Gasteiger partial charge is 0.233 e. The van der Waals surface area contributed by atoms with Crippen LogP contribution in [0.5, 0.6) is 0 Å². The van der Waals surface area contributed by atoms with E-state index in [1.165, 1.54) is 29.2 Å². The summed E-state index contributed by atoms with van der Waals surface area (Å²) in [6, 6.07) is 18.5. The Kier molecular flexibility index (Phi) is 5.42. The van der Waals surface area contributed by atoms with Gasteiger partial charge in [0.25, 0.3) is 0 Å². The largest absolute Gasteiger partial charge is 0.338 e. The highest BCUT2D eigenvalue weighted by molar-refractivity contribution is 8.00. The molecule has 2 heterocycles. The van der Waals surface area contributed by atoms with Crippen LogP contribution in [0.15, 0.2) is 72.1 Å². The minimum atomic E-state index is 0.105. The van der Waals surface area contributed by atoms with Crippen molar-refractivity contribution in [3.05, 3.63) is 78.2 Å². The van der Waals surface area contributed by atoms with E-state index < -0.39 is 0 Å². The number of amides is 1. The summed E-state index contributed by atoms with van der Waals surface area (Å²) in [4.78, 5) is 23.8. The molecule has 4 aromatic rings. The normalized spacial score (nSPS) is 15.6. The van der Waals surface area contributed by atoms with Gasteiger partial charge in [-0.05, 0) is 42.5 Å². The first-order valence-electron chi connectivity index (χ1n) is 10.4. The number of thioether (sulfide) groups is 1. The van der Waals surface area contributed by atoms with Crippen LogP contribution in [0.4, 0.5) is 0 Å². The first kappa shape index (κ1) is 19.8. The van der Waals surface area contributed by atoms with Gasteiger partial charge in [-0.1, -0.05) is 54.2 Å². The zero-order valence-electron chi connectivity index (χ0n) is 17.3. The molecule has 156 valence electrons. The zero-order chi connectivity index (χ0) is 21.2. The summed E-state index contributed by atoms with van der Waals surface area (Å²) < 4.78 is 1.80. The lowest BCUT2D eigenvalue weighted by atomic mass is 9.87. The van der Waals surface area contributed by atoms with E-state index in [0.717, 1.165) is 41.0 Å². The van der Waals surface area contributed by atoms with E-state index in [0.29, 0.717) is 5.75 Å². The molecule has 0 spiro atoms. The second kappa shape index (κ2) is 8.51. The van der Waals surface area contributed by atoms with Crippen molar-refractivity contribution in [2.24, 2.45) is 0 Å². The van der Waals surface area contributed by atoms with E-state index in [9.17, 15) is 4.79 Å². The number of aromatic nitrogens is 4. The van der Waals surface area contributed by atoms with Gasteiger partial charge >= 0.3 is 0 Å². The van der Waals surface area contributed by atoms with Crippen LogP contribution in [0, 0.1) is 0 Å². The fraction of sp³-hybridized carbons (Fsp3) is 0.250. The Balaban J connectivity index is 1.33. The number of para-hydroxylation sites is 1. The molecule has 0 bridgehead atoms. The molecule has 7 heteroatoms. The zero-order valence-corrected chi connectivity index (χ0v) is 18.1. The van der Waals surface area contributed by atoms with Crippen molar-refractivity contribution < 1.29 is 4.79 Å². The van der Waals surface area contributed by atoms with Crippen molar-refractivity contribution in [3.63, 3.8) is 0 Å². The van der Waals surface area contributed by atoms with Crippen molar-refractivity contribution in [2.75, 3.05) is 12.8 Å². The van der Waals surface area contributed by atoms with Gasteiger partial charge < -0.3 is 4.90 Å². The first-order valence-corrected chi connectivity index (χ1v) is 11.4. The standard InChI is InChI=1S/C24H23N5OS/c1-28(21-13-7-9-17-8-5-6-12-19(17)21)22(30)15-31-24-20-14-27-29(23(20)25-16-26-24)18-10-3-2-4-11-18/h2-6,8,10-12,14,16,21H,7,9,13,15H2,1H3/t21-/m1/s1. The summed E-state index contributed by atoms with van der Waals surface area (Å²) in [7, 11) is 1.92. The summed E-state index contributed by atoms with van der Waals surface area (Å²) in [6.45, 7) is 0. The third kappa shape index (κ3) is 3.81. The van der Waals surface area contributed by atoms with Crippen molar-refractivity contribution in [1.82, 2.24) is 24.6 Å². The van der Waals surface area contributed by atoms with E-state index in [1.807, 2.05) is 42.3 Å². The van der Waals surface area contributed by atoms with Crippen molar-refractivity contribution in [1.29, 1.82) is 0 Å². The molecular weight excluding hydrogens is 406 g/mol. The average molecular weight is 430 g/mol. The fourth-order valence-electron chi connectivity index (χ4n) is 4.23. The topological polar surface area (TPSA) is 63.9 Å². The van der Waals surface area contributed by atoms with Gasteiger partial charge in [0.05, 0.1) is 29.1 Å². The number of benzene rings is 2. The molecule has 0 saturated heterocycles. The van der Waals surface area contributed by atoms with Gasteiger partial charge in [0.15, 0.2) is 5.65 Å². The number of carbonyl (C=O) groups is 1. The Bertz CT molecular complexity index is 1220.